The van der Waals surface area contributed by atoms with E-state index in [4.69, 9.17) is 0 Å². The zero-order chi connectivity index (χ0) is 26.4. The van der Waals surface area contributed by atoms with Gasteiger partial charge in [0.1, 0.15) is 0 Å². The highest BCUT2D eigenvalue weighted by Crippen LogP contribution is 2.16. The Labute approximate surface area is 231 Å². The van der Waals surface area contributed by atoms with Crippen molar-refractivity contribution in [3.63, 3.8) is 0 Å². The number of hydrogen-bond donors (Lipinski definition) is 0. The molecule has 0 saturated carbocycles. The smallest absolute Gasteiger partial charge is 0.0782 e. The molecule has 0 atom stereocenters. The summed E-state index contributed by atoms with van der Waals surface area (Å²) >= 11 is 0. The Hall–Kier alpha value is -0.0400. The van der Waals surface area contributed by atoms with Crippen molar-refractivity contribution in [1.82, 2.24) is 0 Å². The molecule has 0 aromatic rings. The third-order valence-corrected chi connectivity index (χ3v) is 8.48. The predicted octanol–water partition coefficient (Wildman–Crippen LogP) is 12.4. The molecule has 0 aromatic carbocycles. The highest BCUT2D eigenvalue weighted by Gasteiger charge is 2.13. The maximum atomic E-state index is 2.46. The van der Waals surface area contributed by atoms with Gasteiger partial charge in [0, 0.05) is 0 Å². The van der Waals surface area contributed by atoms with Crippen LogP contribution in [0.1, 0.15) is 200 Å². The van der Waals surface area contributed by atoms with Gasteiger partial charge in [-0.15, -0.1) is 0 Å². The van der Waals surface area contributed by atoms with Crippen LogP contribution >= 0.6 is 0 Å². The minimum absolute atomic E-state index is 1.25. The van der Waals surface area contributed by atoms with Crippen LogP contribution in [0.4, 0.5) is 0 Å². The van der Waals surface area contributed by atoms with E-state index < -0.39 is 0 Å². The molecule has 36 heavy (non-hydrogen) atoms. The standard InChI is InChI=1S/C35H74N/c1-5-7-9-11-13-15-17-19-20-21-23-25-27-29-31-33-35-36(3,4)34-32-30-28-26-24-22-18-16-14-12-10-8-6-2/h5-35H2,1-4H3/q+1. The van der Waals surface area contributed by atoms with E-state index in [1.165, 1.54) is 204 Å². The summed E-state index contributed by atoms with van der Waals surface area (Å²) in [4.78, 5) is 0. The molecule has 0 unspecified atom stereocenters. The normalized spacial score (nSPS) is 12.0. The fourth-order valence-corrected chi connectivity index (χ4v) is 5.76. The van der Waals surface area contributed by atoms with Gasteiger partial charge in [-0.2, -0.15) is 0 Å². The summed E-state index contributed by atoms with van der Waals surface area (Å²) in [5, 5.41) is 0. The largest absolute Gasteiger partial charge is 0.328 e. The fourth-order valence-electron chi connectivity index (χ4n) is 5.76. The minimum Gasteiger partial charge on any atom is -0.328 e. The molecule has 1 nitrogen and oxygen atoms in total. The quantitative estimate of drug-likeness (QED) is 0.0645. The number of quaternary nitrogens is 1. The van der Waals surface area contributed by atoms with E-state index in [9.17, 15) is 0 Å². The van der Waals surface area contributed by atoms with Crippen LogP contribution in [0.5, 0.6) is 0 Å². The van der Waals surface area contributed by atoms with Crippen molar-refractivity contribution in [3.8, 4) is 0 Å². The topological polar surface area (TPSA) is 0 Å². The van der Waals surface area contributed by atoms with E-state index in [1.54, 1.807) is 0 Å². The van der Waals surface area contributed by atoms with Gasteiger partial charge in [-0.3, -0.25) is 0 Å². The first-order valence-corrected chi connectivity index (χ1v) is 17.4. The van der Waals surface area contributed by atoms with Crippen LogP contribution in [0.3, 0.4) is 0 Å². The van der Waals surface area contributed by atoms with Gasteiger partial charge in [0.25, 0.3) is 0 Å². The summed E-state index contributed by atoms with van der Waals surface area (Å²) in [5.74, 6) is 0. The van der Waals surface area contributed by atoms with E-state index in [-0.39, 0.29) is 0 Å². The number of nitrogens with zero attached hydrogens (tertiary/aromatic N) is 1. The first kappa shape index (κ1) is 36.0. The van der Waals surface area contributed by atoms with Crippen LogP contribution in [0.2, 0.25) is 0 Å². The lowest BCUT2D eigenvalue weighted by atomic mass is 10.0. The molecule has 0 aliphatic rings. The zero-order valence-corrected chi connectivity index (χ0v) is 26.4. The molecule has 0 rings (SSSR count). The highest BCUT2D eigenvalue weighted by atomic mass is 15.3. The van der Waals surface area contributed by atoms with Gasteiger partial charge >= 0.3 is 0 Å². The molecule has 0 radical (unpaired) electrons. The summed E-state index contributed by atoms with van der Waals surface area (Å²) < 4.78 is 1.25. The molecule has 0 aliphatic heterocycles. The van der Waals surface area contributed by atoms with E-state index in [0.29, 0.717) is 0 Å². The van der Waals surface area contributed by atoms with E-state index in [0.717, 1.165) is 0 Å². The second kappa shape index (κ2) is 29.5. The van der Waals surface area contributed by atoms with Crippen molar-refractivity contribution in [2.24, 2.45) is 0 Å². The highest BCUT2D eigenvalue weighted by molar-refractivity contribution is 4.51. The predicted molar refractivity (Wildman–Crippen MR) is 167 cm³/mol. The van der Waals surface area contributed by atoms with Gasteiger partial charge in [0.15, 0.2) is 0 Å². The number of unbranched alkanes of at least 4 members (excludes halogenated alkanes) is 27. The van der Waals surface area contributed by atoms with Crippen molar-refractivity contribution in [1.29, 1.82) is 0 Å². The zero-order valence-electron chi connectivity index (χ0n) is 26.4. The van der Waals surface area contributed by atoms with Gasteiger partial charge in [0.05, 0.1) is 27.2 Å². The van der Waals surface area contributed by atoms with Crippen molar-refractivity contribution in [2.45, 2.75) is 200 Å². The van der Waals surface area contributed by atoms with Crippen LogP contribution in [-0.4, -0.2) is 31.7 Å². The Kier molecular flexibility index (Phi) is 29.5. The van der Waals surface area contributed by atoms with Crippen molar-refractivity contribution in [3.05, 3.63) is 0 Å². The molecule has 0 aliphatic carbocycles. The molecule has 218 valence electrons. The molecule has 0 saturated heterocycles. The lowest BCUT2D eigenvalue weighted by Crippen LogP contribution is -2.41. The Morgan fingerprint density at radius 1 is 0.250 bits per heavy atom. The van der Waals surface area contributed by atoms with Crippen LogP contribution in [0.15, 0.2) is 0 Å². The van der Waals surface area contributed by atoms with Crippen molar-refractivity contribution >= 4 is 0 Å². The lowest BCUT2D eigenvalue weighted by molar-refractivity contribution is -0.890. The van der Waals surface area contributed by atoms with Crippen LogP contribution in [0.25, 0.3) is 0 Å². The van der Waals surface area contributed by atoms with Crippen LogP contribution in [-0.2, 0) is 0 Å². The van der Waals surface area contributed by atoms with Crippen LogP contribution in [0, 0.1) is 0 Å². The van der Waals surface area contributed by atoms with E-state index >= 15 is 0 Å². The average Bonchev–Trinajstić information content (AvgIpc) is 2.86. The van der Waals surface area contributed by atoms with Crippen molar-refractivity contribution in [2.75, 3.05) is 27.2 Å². The van der Waals surface area contributed by atoms with Gasteiger partial charge < -0.3 is 4.48 Å². The molecule has 0 bridgehead atoms. The third-order valence-electron chi connectivity index (χ3n) is 8.48. The SMILES string of the molecule is CCCCCCCCCCCCCCCCCC[N+](C)(C)CCCCCCCCCCCCCCC. The lowest BCUT2D eigenvalue weighted by Gasteiger charge is -2.30. The molecule has 0 fully saturated rings. The summed E-state index contributed by atoms with van der Waals surface area (Å²) in [5.41, 5.74) is 0. The van der Waals surface area contributed by atoms with Gasteiger partial charge in [-0.1, -0.05) is 174 Å². The molecular weight excluding hydrogens is 434 g/mol. The molecular formula is C35H74N+. The maximum absolute atomic E-state index is 2.46. The Bertz CT molecular complexity index is 388. The molecule has 0 aromatic heterocycles. The monoisotopic (exact) mass is 509 g/mol. The molecule has 1 heteroatoms. The second-order valence-corrected chi connectivity index (χ2v) is 12.9. The summed E-state index contributed by atoms with van der Waals surface area (Å²) in [6.45, 7) is 7.39. The van der Waals surface area contributed by atoms with Crippen LogP contribution < -0.4 is 0 Å². The van der Waals surface area contributed by atoms with Gasteiger partial charge in [0.2, 0.25) is 0 Å². The summed E-state index contributed by atoms with van der Waals surface area (Å²) in [7, 11) is 4.93. The first-order valence-electron chi connectivity index (χ1n) is 17.4. The Balaban J connectivity index is 3.27. The summed E-state index contributed by atoms with van der Waals surface area (Å²) in [6, 6.07) is 0. The third kappa shape index (κ3) is 30.2. The molecule has 0 N–H and O–H groups in total. The Morgan fingerprint density at radius 2 is 0.417 bits per heavy atom. The van der Waals surface area contributed by atoms with Gasteiger partial charge in [-0.25, -0.2) is 0 Å². The second-order valence-electron chi connectivity index (χ2n) is 12.9. The maximum Gasteiger partial charge on any atom is 0.0782 e. The van der Waals surface area contributed by atoms with Crippen molar-refractivity contribution < 1.29 is 4.48 Å². The fraction of sp³-hybridized carbons (Fsp3) is 1.00. The van der Waals surface area contributed by atoms with E-state index in [2.05, 4.69) is 27.9 Å². The average molecular weight is 509 g/mol. The number of rotatable bonds is 31. The van der Waals surface area contributed by atoms with E-state index in [1.807, 2.05) is 0 Å². The summed E-state index contributed by atoms with van der Waals surface area (Å²) in [6.07, 6.45) is 42.4. The first-order chi connectivity index (χ1) is 17.6. The molecule has 0 heterocycles. The molecule has 0 spiro atoms. The molecule has 0 amide bonds. The Morgan fingerprint density at radius 3 is 0.611 bits per heavy atom. The number of hydrogen-bond acceptors (Lipinski definition) is 0. The minimum atomic E-state index is 1.25. The van der Waals surface area contributed by atoms with Gasteiger partial charge in [-0.05, 0) is 25.7 Å².